The average Bonchev–Trinajstić information content (AvgIpc) is 3.65. The van der Waals surface area contributed by atoms with Crippen LogP contribution in [0.25, 0.3) is 0 Å². The zero-order valence-corrected chi connectivity index (χ0v) is 35.8. The minimum atomic E-state index is -1.71. The molecule has 0 saturated carbocycles. The number of aliphatic hydroxyl groups is 1. The van der Waals surface area contributed by atoms with Gasteiger partial charge in [0.25, 0.3) is 0 Å². The summed E-state index contributed by atoms with van der Waals surface area (Å²) >= 11 is 0. The Morgan fingerprint density at radius 3 is 1.39 bits per heavy atom. The van der Waals surface area contributed by atoms with E-state index in [0.717, 1.165) is 48.5 Å². The second-order valence-electron chi connectivity index (χ2n) is 15.5. The fourth-order valence-electron chi connectivity index (χ4n) is 7.20. The van der Waals surface area contributed by atoms with Crippen LogP contribution in [0.5, 0.6) is 0 Å². The van der Waals surface area contributed by atoms with Crippen molar-refractivity contribution < 1.29 is 110 Å². The Balaban J connectivity index is 1.68. The van der Waals surface area contributed by atoms with E-state index in [1.165, 1.54) is 0 Å². The van der Waals surface area contributed by atoms with Gasteiger partial charge in [-0.25, -0.2) is 0 Å². The molecule has 0 radical (unpaired) electrons. The van der Waals surface area contributed by atoms with Crippen molar-refractivity contribution in [1.82, 2.24) is 0 Å². The maximum Gasteiger partial charge on any atom is 0.303 e. The molecule has 23 heteroatoms. The van der Waals surface area contributed by atoms with E-state index in [-0.39, 0.29) is 6.61 Å². The van der Waals surface area contributed by atoms with Crippen molar-refractivity contribution in [2.75, 3.05) is 26.4 Å². The Morgan fingerprint density at radius 2 is 0.967 bits per heavy atom. The highest BCUT2D eigenvalue weighted by molar-refractivity contribution is 5.69. The number of carbonyl (C=O) groups is 7. The summed E-state index contributed by atoms with van der Waals surface area (Å²) < 4.78 is 86.2. The topological polar surface area (TPSA) is 278 Å². The van der Waals surface area contributed by atoms with Crippen LogP contribution in [0, 0.1) is 0 Å². The summed E-state index contributed by atoms with van der Waals surface area (Å²) in [6.07, 6.45) is -19.9. The molecular formula is C38H56O23. The number of esters is 7. The van der Waals surface area contributed by atoms with E-state index in [4.69, 9.17) is 71.1 Å². The monoisotopic (exact) mass is 880 g/mol. The molecular weight excluding hydrogens is 824 g/mol. The fourth-order valence-corrected chi connectivity index (χ4v) is 7.20. The molecule has 14 atom stereocenters. The predicted octanol–water partition coefficient (Wildman–Crippen LogP) is -0.345. The van der Waals surface area contributed by atoms with E-state index < -0.39 is 159 Å². The summed E-state index contributed by atoms with van der Waals surface area (Å²) in [6, 6.07) is 0. The van der Waals surface area contributed by atoms with Crippen molar-refractivity contribution in [3.05, 3.63) is 0 Å². The van der Waals surface area contributed by atoms with Crippen LogP contribution in [-0.2, 0) is 105 Å². The number of hydrogen-bond acceptors (Lipinski definition) is 23. The van der Waals surface area contributed by atoms with Crippen LogP contribution < -0.4 is 0 Å². The van der Waals surface area contributed by atoms with Crippen LogP contribution in [0.2, 0.25) is 0 Å². The molecule has 23 nitrogen and oxygen atoms in total. The van der Waals surface area contributed by atoms with Crippen molar-refractivity contribution >= 4 is 41.8 Å². The number of hydrogen-bond donors (Lipinski definition) is 1. The first-order valence-electron chi connectivity index (χ1n) is 19.4. The summed E-state index contributed by atoms with van der Waals surface area (Å²) in [5.74, 6) is -8.18. The number of aliphatic hydroxyl groups excluding tert-OH is 1. The van der Waals surface area contributed by atoms with Gasteiger partial charge in [-0.2, -0.15) is 0 Å². The third kappa shape index (κ3) is 14.0. The van der Waals surface area contributed by atoms with Crippen LogP contribution in [0.1, 0.15) is 76.2 Å². The van der Waals surface area contributed by atoms with Crippen LogP contribution >= 0.6 is 0 Å². The van der Waals surface area contributed by atoms with E-state index in [2.05, 4.69) is 0 Å². The van der Waals surface area contributed by atoms with E-state index >= 15 is 0 Å². The van der Waals surface area contributed by atoms with Gasteiger partial charge in [0.05, 0.1) is 19.8 Å². The first-order chi connectivity index (χ1) is 28.4. The second kappa shape index (κ2) is 20.9. The Labute approximate surface area is 351 Å². The SMILES string of the molecule is CC(=O)OC[C@H]1O[C@@H](OC[C@H]2O[C@@H](OC[C@@H](O)[C@H]3OC(C)(C)O[C@@H]3[C@H]3COC(C)(C)O3)[C@H](OC(C)=O)[C@@H](OC(C)=O)[C@@H]2OC(C)=O)[C@H](OC(C)=O)[C@@H](OC(C)=O)[C@@H]1OC(C)=O. The van der Waals surface area contributed by atoms with Gasteiger partial charge >= 0.3 is 41.8 Å². The Kier molecular flexibility index (Phi) is 17.0. The largest absolute Gasteiger partial charge is 0.463 e. The van der Waals surface area contributed by atoms with Crippen LogP contribution in [0.15, 0.2) is 0 Å². The molecule has 4 saturated heterocycles. The highest BCUT2D eigenvalue weighted by Crippen LogP contribution is 2.38. The second-order valence-corrected chi connectivity index (χ2v) is 15.5. The minimum Gasteiger partial charge on any atom is -0.463 e. The summed E-state index contributed by atoms with van der Waals surface area (Å²) in [5, 5.41) is 11.5. The van der Waals surface area contributed by atoms with Gasteiger partial charge in [-0.05, 0) is 27.7 Å². The molecule has 0 aliphatic carbocycles. The van der Waals surface area contributed by atoms with E-state index in [1.807, 2.05) is 0 Å². The molecule has 4 rings (SSSR count). The van der Waals surface area contributed by atoms with Gasteiger partial charge in [0.2, 0.25) is 0 Å². The lowest BCUT2D eigenvalue weighted by molar-refractivity contribution is -0.336. The highest BCUT2D eigenvalue weighted by Gasteiger charge is 2.57. The molecule has 4 aliphatic rings. The molecule has 0 spiro atoms. The normalized spacial score (nSPS) is 34.6. The van der Waals surface area contributed by atoms with Crippen molar-refractivity contribution in [3.63, 3.8) is 0 Å². The van der Waals surface area contributed by atoms with Gasteiger partial charge in [0, 0.05) is 48.5 Å². The number of rotatable bonds is 16. The molecule has 1 N–H and O–H groups in total. The summed E-state index contributed by atoms with van der Waals surface area (Å²) in [6.45, 7) is 12.4. The Hall–Kier alpha value is -4.07. The standard InChI is InChI=1S/C38H56O23/c1-16(39)47-13-24-28(51-17(2)40)31(53-19(4)42)34(56-22(7)45)36(57-24)49-14-25-29(52-18(3)41)32(54-20(5)43)33(55-21(6)44)35(58-25)48-12-23(46)27-30(61-38(10,11)60-27)26-15-50-37(8,9)59-26/h23-36,46H,12-15H2,1-11H3/t23-,24-,25-,26-,27-,28-,29-,30-,31+,32+,33-,34-,35-,36-/m1/s1. The van der Waals surface area contributed by atoms with Crippen LogP contribution in [-0.4, -0.2) is 171 Å². The molecule has 4 fully saturated rings. The van der Waals surface area contributed by atoms with Gasteiger partial charge < -0.3 is 76.2 Å². The zero-order valence-electron chi connectivity index (χ0n) is 35.8. The average molecular weight is 881 g/mol. The van der Waals surface area contributed by atoms with Crippen molar-refractivity contribution in [1.29, 1.82) is 0 Å². The first kappa shape index (κ1) is 49.6. The maximum atomic E-state index is 12.5. The smallest absolute Gasteiger partial charge is 0.303 e. The van der Waals surface area contributed by atoms with E-state index in [1.54, 1.807) is 27.7 Å². The molecule has 0 unspecified atom stereocenters. The Bertz CT molecular complexity index is 1600. The maximum absolute atomic E-state index is 12.5. The summed E-state index contributed by atoms with van der Waals surface area (Å²) in [4.78, 5) is 86.2. The molecule has 0 aromatic carbocycles. The molecule has 61 heavy (non-hydrogen) atoms. The van der Waals surface area contributed by atoms with E-state index in [0.29, 0.717) is 0 Å². The molecule has 0 aromatic rings. The quantitative estimate of drug-likeness (QED) is 0.153. The fraction of sp³-hybridized carbons (Fsp3) is 0.816. The molecule has 0 bridgehead atoms. The van der Waals surface area contributed by atoms with Gasteiger partial charge in [0.15, 0.2) is 60.8 Å². The highest BCUT2D eigenvalue weighted by atomic mass is 16.8. The van der Waals surface area contributed by atoms with Gasteiger partial charge in [0.1, 0.15) is 43.2 Å². The van der Waals surface area contributed by atoms with Crippen molar-refractivity contribution in [3.8, 4) is 0 Å². The lowest BCUT2D eigenvalue weighted by Gasteiger charge is -2.46. The van der Waals surface area contributed by atoms with Crippen LogP contribution in [0.3, 0.4) is 0 Å². The third-order valence-corrected chi connectivity index (χ3v) is 9.24. The van der Waals surface area contributed by atoms with Crippen molar-refractivity contribution in [2.24, 2.45) is 0 Å². The first-order valence-corrected chi connectivity index (χ1v) is 19.4. The molecule has 0 aromatic heterocycles. The predicted molar refractivity (Wildman–Crippen MR) is 194 cm³/mol. The third-order valence-electron chi connectivity index (χ3n) is 9.24. The van der Waals surface area contributed by atoms with Gasteiger partial charge in [-0.3, -0.25) is 33.6 Å². The van der Waals surface area contributed by atoms with Crippen molar-refractivity contribution in [2.45, 2.75) is 174 Å². The number of carbonyl (C=O) groups excluding carboxylic acids is 7. The number of ether oxygens (including phenoxy) is 15. The van der Waals surface area contributed by atoms with Gasteiger partial charge in [-0.1, -0.05) is 0 Å². The zero-order chi connectivity index (χ0) is 45.6. The molecule has 0 amide bonds. The lowest BCUT2D eigenvalue weighted by atomic mass is 9.97. The molecule has 346 valence electrons. The molecule has 4 heterocycles. The summed E-state index contributed by atoms with van der Waals surface area (Å²) in [5.41, 5.74) is 0. The van der Waals surface area contributed by atoms with E-state index in [9.17, 15) is 38.7 Å². The Morgan fingerprint density at radius 1 is 0.541 bits per heavy atom. The van der Waals surface area contributed by atoms with Gasteiger partial charge in [-0.15, -0.1) is 0 Å². The minimum absolute atomic E-state index is 0.129. The lowest BCUT2D eigenvalue weighted by Crippen LogP contribution is -2.65. The summed E-state index contributed by atoms with van der Waals surface area (Å²) in [7, 11) is 0. The molecule has 4 aliphatic heterocycles. The van der Waals surface area contributed by atoms with Crippen LogP contribution in [0.4, 0.5) is 0 Å².